The SMILES string of the molecule is C/C(=N\N=C(N)N)c1cc(NC(=O)Cc2cccc(CC(=O)Nc3cc(/C(C)=N/N=C(N)N)cc(/C(C)=N/N=C(N)N)c3)c2)cc(/C(C)=N/N=C(N)N)c1. The van der Waals surface area contributed by atoms with E-state index in [4.69, 9.17) is 45.9 Å². The van der Waals surface area contributed by atoms with Crippen LogP contribution in [0.1, 0.15) is 61.1 Å². The molecule has 0 aliphatic heterocycles. The second kappa shape index (κ2) is 19.1. The first-order valence-electron chi connectivity index (χ1n) is 16.0. The van der Waals surface area contributed by atoms with Gasteiger partial charge in [0.2, 0.25) is 35.7 Å². The van der Waals surface area contributed by atoms with Crippen molar-refractivity contribution in [1.29, 1.82) is 0 Å². The summed E-state index contributed by atoms with van der Waals surface area (Å²) < 4.78 is 0. The Morgan fingerprint density at radius 1 is 0.444 bits per heavy atom. The lowest BCUT2D eigenvalue weighted by atomic mass is 10.0. The van der Waals surface area contributed by atoms with E-state index in [9.17, 15) is 9.59 Å². The molecule has 0 saturated carbocycles. The largest absolute Gasteiger partial charge is 0.369 e. The normalized spacial score (nSPS) is 11.9. The summed E-state index contributed by atoms with van der Waals surface area (Å²) in [5.41, 5.74) is 49.9. The highest BCUT2D eigenvalue weighted by Crippen LogP contribution is 2.20. The number of hydrogen-bond acceptors (Lipinski definition) is 10. The van der Waals surface area contributed by atoms with Crippen molar-refractivity contribution in [3.05, 3.63) is 94.0 Å². The van der Waals surface area contributed by atoms with Crippen LogP contribution in [0.4, 0.5) is 11.4 Å². The molecule has 3 aromatic carbocycles. The molecule has 0 aliphatic carbocycles. The predicted octanol–water partition coefficient (Wildman–Crippen LogP) is 0.0386. The predicted molar refractivity (Wildman–Crippen MR) is 216 cm³/mol. The van der Waals surface area contributed by atoms with E-state index in [0.717, 1.165) is 0 Å². The number of nitrogens with two attached hydrogens (primary N) is 8. The number of guanidine groups is 4. The van der Waals surface area contributed by atoms with Crippen molar-refractivity contribution in [1.82, 2.24) is 0 Å². The molecule has 3 rings (SSSR count). The number of amides is 2. The van der Waals surface area contributed by atoms with Crippen molar-refractivity contribution < 1.29 is 9.59 Å². The lowest BCUT2D eigenvalue weighted by Crippen LogP contribution is -2.22. The van der Waals surface area contributed by atoms with Crippen molar-refractivity contribution >= 4 is 69.9 Å². The Morgan fingerprint density at radius 3 is 0.981 bits per heavy atom. The molecule has 54 heavy (non-hydrogen) atoms. The fourth-order valence-corrected chi connectivity index (χ4v) is 4.63. The van der Waals surface area contributed by atoms with Gasteiger partial charge in [-0.05, 0) is 75.2 Å². The molecule has 282 valence electrons. The van der Waals surface area contributed by atoms with Crippen LogP contribution >= 0.6 is 0 Å². The van der Waals surface area contributed by atoms with Crippen molar-refractivity contribution in [2.24, 2.45) is 86.7 Å². The molecule has 0 spiro atoms. The molecule has 18 N–H and O–H groups in total. The molecule has 0 radical (unpaired) electrons. The van der Waals surface area contributed by atoms with Gasteiger partial charge < -0.3 is 56.5 Å². The minimum absolute atomic E-state index is 0.00534. The van der Waals surface area contributed by atoms with E-state index in [2.05, 4.69) is 51.4 Å². The van der Waals surface area contributed by atoms with Gasteiger partial charge in [0.25, 0.3) is 0 Å². The van der Waals surface area contributed by atoms with E-state index in [0.29, 0.717) is 67.6 Å². The molecule has 20 nitrogen and oxygen atoms in total. The molecule has 0 aliphatic rings. The maximum atomic E-state index is 13.3. The van der Waals surface area contributed by atoms with E-state index >= 15 is 0 Å². The Labute approximate surface area is 311 Å². The molecule has 0 saturated heterocycles. The second-order valence-electron chi connectivity index (χ2n) is 11.7. The Hall–Kier alpha value is -7.64. The van der Waals surface area contributed by atoms with Gasteiger partial charge in [-0.15, -0.1) is 20.4 Å². The number of carbonyl (C=O) groups is 2. The third kappa shape index (κ3) is 13.6. The number of rotatable bonds is 14. The molecule has 3 aromatic rings. The van der Waals surface area contributed by atoms with E-state index in [1.54, 1.807) is 88.4 Å². The number of hydrogen-bond donors (Lipinski definition) is 10. The number of anilines is 2. The molecular weight excluding hydrogens is 692 g/mol. The van der Waals surface area contributed by atoms with E-state index < -0.39 is 0 Å². The summed E-state index contributed by atoms with van der Waals surface area (Å²) in [6, 6.07) is 17.5. The first kappa shape index (κ1) is 40.8. The lowest BCUT2D eigenvalue weighted by molar-refractivity contribution is -0.116. The van der Waals surface area contributed by atoms with Gasteiger partial charge in [-0.3, -0.25) is 9.59 Å². The first-order valence-corrected chi connectivity index (χ1v) is 16.0. The monoisotopic (exact) mass is 736 g/mol. The van der Waals surface area contributed by atoms with Crippen LogP contribution in [0.3, 0.4) is 0 Å². The maximum Gasteiger partial charge on any atom is 0.228 e. The molecule has 0 unspecified atom stereocenters. The third-order valence-electron chi connectivity index (χ3n) is 7.09. The lowest BCUT2D eigenvalue weighted by Gasteiger charge is -2.12. The summed E-state index contributed by atoms with van der Waals surface area (Å²) in [5, 5.41) is 36.7. The van der Waals surface area contributed by atoms with Crippen molar-refractivity contribution in [3.8, 4) is 0 Å². The van der Waals surface area contributed by atoms with Gasteiger partial charge in [-0.1, -0.05) is 24.3 Å². The van der Waals surface area contributed by atoms with Crippen LogP contribution in [0.5, 0.6) is 0 Å². The zero-order valence-electron chi connectivity index (χ0n) is 30.2. The molecule has 2 amide bonds. The highest BCUT2D eigenvalue weighted by atomic mass is 16.2. The van der Waals surface area contributed by atoms with Gasteiger partial charge in [0, 0.05) is 33.6 Å². The standard InChI is InChI=1S/C34H44N18O2/c1-17(45-49-31(35)36)23-11-24(18(2)46-50-32(37)38)14-27(13-23)43-29(53)9-21-6-5-7-22(8-21)10-30(54)44-28-15-25(19(3)47-51-33(39)40)12-26(16-28)20(4)48-52-34(41)42/h5-8,11-16H,9-10H2,1-4H3,(H,43,53)(H,44,54)(H4,35,36,49)(H4,37,38,50)(H4,39,40,51)(H4,41,42,52)/b45-17+,46-18+,47-19+,48-20+. The van der Waals surface area contributed by atoms with Gasteiger partial charge in [0.1, 0.15) is 0 Å². The number of carbonyl (C=O) groups excluding carboxylic acids is 2. The summed E-state index contributed by atoms with van der Waals surface area (Å²) in [4.78, 5) is 26.5. The molecule has 0 aromatic heterocycles. The van der Waals surface area contributed by atoms with Crippen LogP contribution in [0.25, 0.3) is 0 Å². The average Bonchev–Trinajstić information content (AvgIpc) is 3.10. The summed E-state index contributed by atoms with van der Waals surface area (Å²) in [5.74, 6) is -1.50. The summed E-state index contributed by atoms with van der Waals surface area (Å²) >= 11 is 0. The molecule has 0 fully saturated rings. The highest BCUT2D eigenvalue weighted by molar-refractivity contribution is 6.07. The smallest absolute Gasteiger partial charge is 0.228 e. The molecule has 0 bridgehead atoms. The Bertz CT molecular complexity index is 1880. The highest BCUT2D eigenvalue weighted by Gasteiger charge is 2.13. The van der Waals surface area contributed by atoms with Crippen molar-refractivity contribution in [2.75, 3.05) is 10.6 Å². The van der Waals surface area contributed by atoms with Gasteiger partial charge in [0.05, 0.1) is 35.7 Å². The van der Waals surface area contributed by atoms with E-state index in [1.165, 1.54) is 0 Å². The topological polar surface area (TPSA) is 365 Å². The van der Waals surface area contributed by atoms with Crippen LogP contribution in [0.15, 0.2) is 101 Å². The van der Waals surface area contributed by atoms with Gasteiger partial charge in [-0.2, -0.15) is 20.4 Å². The van der Waals surface area contributed by atoms with Crippen LogP contribution in [0, 0.1) is 0 Å². The fraction of sp³-hybridized carbons (Fsp3) is 0.176. The quantitative estimate of drug-likeness (QED) is 0.0601. The fourth-order valence-electron chi connectivity index (χ4n) is 4.63. The summed E-state index contributed by atoms with van der Waals surface area (Å²) in [6.45, 7) is 6.80. The average molecular weight is 737 g/mol. The Kier molecular flexibility index (Phi) is 14.4. The van der Waals surface area contributed by atoms with E-state index in [-0.39, 0.29) is 48.5 Å². The van der Waals surface area contributed by atoms with E-state index in [1.807, 2.05) is 0 Å². The minimum atomic E-state index is -0.322. The Balaban J connectivity index is 1.83. The molecule has 0 atom stereocenters. The van der Waals surface area contributed by atoms with Crippen LogP contribution in [-0.2, 0) is 22.4 Å². The molecule has 0 heterocycles. The summed E-state index contributed by atoms with van der Waals surface area (Å²) in [6.07, 6.45) is 0.0107. The zero-order valence-corrected chi connectivity index (χ0v) is 30.2. The van der Waals surface area contributed by atoms with Crippen molar-refractivity contribution in [3.63, 3.8) is 0 Å². The van der Waals surface area contributed by atoms with Crippen LogP contribution in [-0.4, -0.2) is 58.5 Å². The van der Waals surface area contributed by atoms with Gasteiger partial charge in [-0.25, -0.2) is 0 Å². The minimum Gasteiger partial charge on any atom is -0.369 e. The summed E-state index contributed by atoms with van der Waals surface area (Å²) in [7, 11) is 0. The zero-order chi connectivity index (χ0) is 39.9. The first-order chi connectivity index (χ1) is 25.5. The van der Waals surface area contributed by atoms with Crippen LogP contribution in [0.2, 0.25) is 0 Å². The van der Waals surface area contributed by atoms with Crippen molar-refractivity contribution in [2.45, 2.75) is 40.5 Å². The second-order valence-corrected chi connectivity index (χ2v) is 11.7. The van der Waals surface area contributed by atoms with Gasteiger partial charge >= 0.3 is 0 Å². The maximum absolute atomic E-state index is 13.3. The van der Waals surface area contributed by atoms with Gasteiger partial charge in [0.15, 0.2) is 0 Å². The number of benzene rings is 3. The Morgan fingerprint density at radius 2 is 0.722 bits per heavy atom. The molecular formula is C34H44N18O2. The van der Waals surface area contributed by atoms with Crippen LogP contribution < -0.4 is 56.5 Å². The number of nitrogens with zero attached hydrogens (tertiary/aromatic N) is 8. The molecule has 20 heteroatoms. The third-order valence-corrected chi connectivity index (χ3v) is 7.09. The number of nitrogens with one attached hydrogen (secondary N) is 2.